The van der Waals surface area contributed by atoms with Crippen molar-refractivity contribution in [1.29, 1.82) is 0 Å². The molecule has 0 amide bonds. The van der Waals surface area contributed by atoms with Crippen LogP contribution < -0.4 is 0 Å². The molecule has 0 atom stereocenters. The predicted molar refractivity (Wildman–Crippen MR) is 174 cm³/mol. The summed E-state index contributed by atoms with van der Waals surface area (Å²) in [5.41, 5.74) is 9.84. The van der Waals surface area contributed by atoms with Crippen LogP contribution in [0, 0.1) is 0 Å². The Bertz CT molecular complexity index is 2130. The van der Waals surface area contributed by atoms with Crippen LogP contribution in [0.25, 0.3) is 67.3 Å². The predicted octanol–water partition coefficient (Wildman–Crippen LogP) is 9.39. The van der Waals surface area contributed by atoms with E-state index in [1.165, 1.54) is 33.0 Å². The number of nitrogens with zero attached hydrogens (tertiary/aromatic N) is 4. The van der Waals surface area contributed by atoms with E-state index in [1.54, 1.807) is 0 Å². The lowest BCUT2D eigenvalue weighted by Crippen LogP contribution is -2.14. The van der Waals surface area contributed by atoms with Crippen molar-refractivity contribution in [3.63, 3.8) is 0 Å². The topological polar surface area (TPSA) is 51.6 Å². The molecule has 5 aromatic carbocycles. The van der Waals surface area contributed by atoms with E-state index >= 15 is 0 Å². The first-order valence-corrected chi connectivity index (χ1v) is 14.6. The summed E-state index contributed by atoms with van der Waals surface area (Å²) in [4.78, 5) is 19.7. The maximum atomic E-state index is 5.14. The number of rotatable bonds is 4. The molecule has 4 nitrogen and oxygen atoms in total. The van der Waals surface area contributed by atoms with Crippen molar-refractivity contribution in [2.24, 2.45) is 0 Å². The molecule has 0 N–H and O–H groups in total. The number of hydrogen-bond acceptors (Lipinski definition) is 4. The minimum absolute atomic E-state index is 0.149. The molecule has 4 heteroatoms. The van der Waals surface area contributed by atoms with Crippen LogP contribution >= 0.6 is 0 Å². The van der Waals surface area contributed by atoms with Gasteiger partial charge in [0.05, 0.1) is 5.69 Å². The average molecular weight is 553 g/mol. The summed E-state index contributed by atoms with van der Waals surface area (Å²) >= 11 is 0. The third-order valence-electron chi connectivity index (χ3n) is 8.60. The quantitative estimate of drug-likeness (QED) is 0.218. The SMILES string of the molecule is CC1(C)c2cccc(-c3nc(-c4ccccc4)nc(-c4ccc(-c5ccccn5)cc4)n3)c2-c2c1ccc1ccccc21. The molecule has 2 aromatic heterocycles. The van der Waals surface area contributed by atoms with Gasteiger partial charge in [-0.2, -0.15) is 0 Å². The molecular weight excluding hydrogens is 524 g/mol. The van der Waals surface area contributed by atoms with Crippen LogP contribution in [-0.4, -0.2) is 19.9 Å². The lowest BCUT2D eigenvalue weighted by molar-refractivity contribution is 0.661. The zero-order valence-electron chi connectivity index (χ0n) is 24.0. The number of benzene rings is 5. The standard InChI is InChI=1S/C39H28N4/c1-39(2)31-16-10-15-30(35(31)34-29-14-7-6-11-25(29)22-23-32(34)39)38-42-36(27-12-4-3-5-13-27)41-37(43-38)28-20-18-26(19-21-28)33-17-8-9-24-40-33/h3-24H,1-2H3. The van der Waals surface area contributed by atoms with E-state index in [2.05, 4.69) is 110 Å². The highest BCUT2D eigenvalue weighted by atomic mass is 15.0. The molecule has 2 heterocycles. The van der Waals surface area contributed by atoms with Crippen molar-refractivity contribution in [2.75, 3.05) is 0 Å². The van der Waals surface area contributed by atoms with Crippen molar-refractivity contribution in [1.82, 2.24) is 19.9 Å². The lowest BCUT2D eigenvalue weighted by Gasteiger charge is -2.21. The van der Waals surface area contributed by atoms with Gasteiger partial charge in [-0.15, -0.1) is 0 Å². The Balaban J connectivity index is 1.35. The van der Waals surface area contributed by atoms with Crippen LogP contribution in [-0.2, 0) is 5.41 Å². The first-order chi connectivity index (χ1) is 21.1. The van der Waals surface area contributed by atoms with E-state index in [0.29, 0.717) is 17.5 Å². The normalized spacial score (nSPS) is 13.1. The van der Waals surface area contributed by atoms with Gasteiger partial charge < -0.3 is 0 Å². The Labute approximate surface area is 250 Å². The van der Waals surface area contributed by atoms with Crippen LogP contribution in [0.15, 0.2) is 134 Å². The number of hydrogen-bond donors (Lipinski definition) is 0. The Hall–Kier alpha value is -5.48. The van der Waals surface area contributed by atoms with Crippen molar-refractivity contribution in [3.05, 3.63) is 145 Å². The Morgan fingerprint density at radius 1 is 0.465 bits per heavy atom. The van der Waals surface area contributed by atoms with Gasteiger partial charge in [-0.05, 0) is 45.2 Å². The second kappa shape index (κ2) is 9.81. The van der Waals surface area contributed by atoms with Crippen LogP contribution in [0.1, 0.15) is 25.0 Å². The zero-order valence-corrected chi connectivity index (χ0v) is 24.0. The molecule has 0 unspecified atom stereocenters. The Morgan fingerprint density at radius 2 is 1.12 bits per heavy atom. The van der Waals surface area contributed by atoms with Gasteiger partial charge in [0.25, 0.3) is 0 Å². The lowest BCUT2D eigenvalue weighted by atomic mass is 9.82. The monoisotopic (exact) mass is 552 g/mol. The molecule has 0 spiro atoms. The summed E-state index contributed by atoms with van der Waals surface area (Å²) < 4.78 is 0. The van der Waals surface area contributed by atoms with E-state index in [1.807, 2.05) is 42.6 Å². The summed E-state index contributed by atoms with van der Waals surface area (Å²) in [5, 5.41) is 2.48. The first kappa shape index (κ1) is 25.2. The van der Waals surface area contributed by atoms with Gasteiger partial charge in [0.2, 0.25) is 0 Å². The zero-order chi connectivity index (χ0) is 29.0. The number of pyridine rings is 1. The fourth-order valence-electron chi connectivity index (χ4n) is 6.40. The minimum atomic E-state index is -0.149. The summed E-state index contributed by atoms with van der Waals surface area (Å²) in [6.07, 6.45) is 1.81. The highest BCUT2D eigenvalue weighted by Crippen LogP contribution is 2.54. The van der Waals surface area contributed by atoms with E-state index in [9.17, 15) is 0 Å². The summed E-state index contributed by atoms with van der Waals surface area (Å²) in [7, 11) is 0. The van der Waals surface area contributed by atoms with Gasteiger partial charge in [0.15, 0.2) is 17.5 Å². The number of aromatic nitrogens is 4. The van der Waals surface area contributed by atoms with Crippen LogP contribution in [0.3, 0.4) is 0 Å². The van der Waals surface area contributed by atoms with Gasteiger partial charge in [-0.25, -0.2) is 15.0 Å². The largest absolute Gasteiger partial charge is 0.256 e. The molecule has 1 aliphatic carbocycles. The van der Waals surface area contributed by atoms with Gasteiger partial charge in [-0.3, -0.25) is 4.98 Å². The summed E-state index contributed by atoms with van der Waals surface area (Å²) in [5.74, 6) is 1.97. The third kappa shape index (κ3) is 4.14. The molecule has 0 aliphatic heterocycles. The fraction of sp³-hybridized carbons (Fsp3) is 0.0769. The molecule has 204 valence electrons. The smallest absolute Gasteiger partial charge is 0.164 e. The van der Waals surface area contributed by atoms with E-state index in [4.69, 9.17) is 15.0 Å². The van der Waals surface area contributed by atoms with Crippen molar-refractivity contribution < 1.29 is 0 Å². The van der Waals surface area contributed by atoms with Gasteiger partial charge >= 0.3 is 0 Å². The molecular formula is C39H28N4. The van der Waals surface area contributed by atoms with Crippen LogP contribution in [0.5, 0.6) is 0 Å². The number of fused-ring (bicyclic) bond motifs is 5. The van der Waals surface area contributed by atoms with Crippen molar-refractivity contribution >= 4 is 10.8 Å². The maximum absolute atomic E-state index is 5.14. The highest BCUT2D eigenvalue weighted by molar-refractivity contribution is 6.06. The molecule has 7 aromatic rings. The van der Waals surface area contributed by atoms with E-state index in [-0.39, 0.29) is 5.41 Å². The molecule has 0 bridgehead atoms. The molecule has 0 saturated heterocycles. The van der Waals surface area contributed by atoms with Crippen LogP contribution in [0.4, 0.5) is 0 Å². The Morgan fingerprint density at radius 3 is 1.88 bits per heavy atom. The van der Waals surface area contributed by atoms with Gasteiger partial charge in [0, 0.05) is 33.9 Å². The molecule has 8 rings (SSSR count). The minimum Gasteiger partial charge on any atom is -0.256 e. The fourth-order valence-corrected chi connectivity index (χ4v) is 6.40. The average Bonchev–Trinajstić information content (AvgIpc) is 3.32. The summed E-state index contributed by atoms with van der Waals surface area (Å²) in [6.45, 7) is 4.63. The molecule has 0 radical (unpaired) electrons. The molecule has 1 aliphatic rings. The first-order valence-electron chi connectivity index (χ1n) is 14.6. The van der Waals surface area contributed by atoms with Gasteiger partial charge in [-0.1, -0.05) is 129 Å². The molecule has 43 heavy (non-hydrogen) atoms. The second-order valence-electron chi connectivity index (χ2n) is 11.5. The van der Waals surface area contributed by atoms with Crippen LogP contribution in [0.2, 0.25) is 0 Å². The van der Waals surface area contributed by atoms with E-state index < -0.39 is 0 Å². The van der Waals surface area contributed by atoms with Gasteiger partial charge in [0.1, 0.15) is 0 Å². The third-order valence-corrected chi connectivity index (χ3v) is 8.60. The van der Waals surface area contributed by atoms with E-state index in [0.717, 1.165) is 27.9 Å². The molecule has 0 fully saturated rings. The molecule has 0 saturated carbocycles. The van der Waals surface area contributed by atoms with Crippen molar-refractivity contribution in [3.8, 4) is 56.5 Å². The maximum Gasteiger partial charge on any atom is 0.164 e. The van der Waals surface area contributed by atoms with Crippen molar-refractivity contribution in [2.45, 2.75) is 19.3 Å². The second-order valence-corrected chi connectivity index (χ2v) is 11.5. The summed E-state index contributed by atoms with van der Waals surface area (Å²) in [6, 6.07) is 44.1. The Kier molecular flexibility index (Phi) is 5.76. The highest BCUT2D eigenvalue weighted by Gasteiger charge is 2.38.